The van der Waals surface area contributed by atoms with Crippen molar-refractivity contribution in [3.63, 3.8) is 0 Å². The number of carboxylic acid groups (broad SMARTS) is 1. The van der Waals surface area contributed by atoms with E-state index < -0.39 is 28.2 Å². The van der Waals surface area contributed by atoms with Crippen LogP contribution in [-0.4, -0.2) is 54.4 Å². The Balaban J connectivity index is 2.18. The molecule has 112 valence electrons. The van der Waals surface area contributed by atoms with E-state index in [1.54, 1.807) is 0 Å². The lowest BCUT2D eigenvalue weighted by atomic mass is 10.1. The van der Waals surface area contributed by atoms with Crippen LogP contribution in [0.4, 0.5) is 4.79 Å². The third kappa shape index (κ3) is 3.90. The monoisotopic (exact) mass is 383 g/mol. The summed E-state index contributed by atoms with van der Waals surface area (Å²) in [6, 6.07) is -0.849. The van der Waals surface area contributed by atoms with E-state index in [0.29, 0.717) is 19.4 Å². The van der Waals surface area contributed by atoms with E-state index in [1.807, 2.05) is 5.38 Å². The highest BCUT2D eigenvalue weighted by molar-refractivity contribution is 9.11. The molecule has 2 rings (SSSR count). The van der Waals surface area contributed by atoms with E-state index in [2.05, 4.69) is 25.6 Å². The summed E-state index contributed by atoms with van der Waals surface area (Å²) in [5, 5.41) is 11.0. The van der Waals surface area contributed by atoms with Gasteiger partial charge < -0.3 is 10.0 Å². The van der Waals surface area contributed by atoms with Crippen LogP contribution in [0.25, 0.3) is 0 Å². The van der Waals surface area contributed by atoms with Crippen molar-refractivity contribution < 1.29 is 18.3 Å². The molecule has 1 amide bonds. The highest BCUT2D eigenvalue weighted by atomic mass is 79.9. The van der Waals surface area contributed by atoms with Crippen molar-refractivity contribution in [3.8, 4) is 0 Å². The van der Waals surface area contributed by atoms with Gasteiger partial charge in [0, 0.05) is 24.4 Å². The number of rotatable bonds is 4. The number of hydrogen-bond donors (Lipinski definition) is 2. The topological polar surface area (TPSA) is 99.6 Å². The van der Waals surface area contributed by atoms with E-state index >= 15 is 0 Å². The summed E-state index contributed by atoms with van der Waals surface area (Å²) in [5.74, 6) is 0. The lowest BCUT2D eigenvalue weighted by molar-refractivity contribution is 0.137. The zero-order chi connectivity index (χ0) is 14.9. The zero-order valence-electron chi connectivity index (χ0n) is 10.6. The normalized spacial score (nSPS) is 23.2. The smallest absolute Gasteiger partial charge is 0.407 e. The summed E-state index contributed by atoms with van der Waals surface area (Å²) in [5.41, 5.74) is 0.750. The van der Waals surface area contributed by atoms with Gasteiger partial charge in [-0.05, 0) is 22.4 Å². The number of aromatic nitrogens is 1. The second-order valence-corrected chi connectivity index (χ2v) is 8.54. The number of nitrogens with zero attached hydrogens (tertiary/aromatic N) is 2. The number of nitrogens with one attached hydrogen (secondary N) is 1. The SMILES string of the molecule is CS(=O)(=O)N[C@H]1CCN(C(=O)O)[C@H]1Cc1csc(Br)n1. The second kappa shape index (κ2) is 5.96. The minimum Gasteiger partial charge on any atom is -0.465 e. The van der Waals surface area contributed by atoms with Crippen molar-refractivity contribution in [1.29, 1.82) is 0 Å². The van der Waals surface area contributed by atoms with Crippen molar-refractivity contribution in [2.45, 2.75) is 24.9 Å². The maximum Gasteiger partial charge on any atom is 0.407 e. The molecule has 1 aromatic rings. The molecule has 7 nitrogen and oxygen atoms in total. The molecule has 10 heteroatoms. The van der Waals surface area contributed by atoms with Crippen molar-refractivity contribution >= 4 is 43.4 Å². The van der Waals surface area contributed by atoms with E-state index in [-0.39, 0.29) is 0 Å². The van der Waals surface area contributed by atoms with Crippen molar-refractivity contribution in [2.24, 2.45) is 0 Å². The average Bonchev–Trinajstić information content (AvgIpc) is 2.85. The van der Waals surface area contributed by atoms with Gasteiger partial charge in [-0.2, -0.15) is 0 Å². The molecule has 1 aliphatic heterocycles. The third-order valence-corrected chi connectivity index (χ3v) is 5.24. The number of carbonyl (C=O) groups is 1. The summed E-state index contributed by atoms with van der Waals surface area (Å²) in [7, 11) is -3.37. The highest BCUT2D eigenvalue weighted by Crippen LogP contribution is 2.24. The first kappa shape index (κ1) is 15.7. The first-order valence-corrected chi connectivity index (χ1v) is 9.39. The Hall–Kier alpha value is -0.710. The van der Waals surface area contributed by atoms with Crippen LogP contribution >= 0.6 is 27.3 Å². The largest absolute Gasteiger partial charge is 0.465 e. The molecule has 1 aliphatic rings. The Morgan fingerprint density at radius 2 is 2.40 bits per heavy atom. The first-order chi connectivity index (χ1) is 9.26. The molecule has 2 atom stereocenters. The van der Waals surface area contributed by atoms with Gasteiger partial charge in [0.05, 0.1) is 18.0 Å². The Kier molecular flexibility index (Phi) is 4.67. The molecule has 0 radical (unpaired) electrons. The van der Waals surface area contributed by atoms with E-state index in [1.165, 1.54) is 16.2 Å². The first-order valence-electron chi connectivity index (χ1n) is 5.83. The van der Waals surface area contributed by atoms with Gasteiger partial charge in [-0.15, -0.1) is 11.3 Å². The van der Waals surface area contributed by atoms with E-state index in [9.17, 15) is 18.3 Å². The van der Waals surface area contributed by atoms with Crippen molar-refractivity contribution in [1.82, 2.24) is 14.6 Å². The molecule has 20 heavy (non-hydrogen) atoms. The average molecular weight is 384 g/mol. The van der Waals surface area contributed by atoms with Crippen LogP contribution in [-0.2, 0) is 16.4 Å². The molecule has 2 heterocycles. The number of amides is 1. The fraction of sp³-hybridized carbons (Fsp3) is 0.600. The molecular weight excluding hydrogens is 370 g/mol. The van der Waals surface area contributed by atoms with Gasteiger partial charge in [-0.3, -0.25) is 0 Å². The molecule has 0 aromatic carbocycles. The predicted molar refractivity (Wildman–Crippen MR) is 78.4 cm³/mol. The molecule has 0 aliphatic carbocycles. The molecular formula is C10H14BrN3O4S2. The summed E-state index contributed by atoms with van der Waals surface area (Å²) in [6.07, 6.45) is 0.895. The number of hydrogen-bond acceptors (Lipinski definition) is 5. The molecule has 0 saturated carbocycles. The predicted octanol–water partition coefficient (Wildman–Crippen LogP) is 1.12. The van der Waals surface area contributed by atoms with Crippen LogP contribution in [0.15, 0.2) is 9.30 Å². The zero-order valence-corrected chi connectivity index (χ0v) is 13.8. The number of halogens is 1. The Bertz CT molecular complexity index is 603. The van der Waals surface area contributed by atoms with Gasteiger partial charge >= 0.3 is 6.09 Å². The molecule has 0 bridgehead atoms. The van der Waals surface area contributed by atoms with Crippen LogP contribution in [0, 0.1) is 0 Å². The van der Waals surface area contributed by atoms with Gasteiger partial charge in [0.15, 0.2) is 3.92 Å². The fourth-order valence-electron chi connectivity index (χ4n) is 2.35. The van der Waals surface area contributed by atoms with Gasteiger partial charge in [0.2, 0.25) is 10.0 Å². The van der Waals surface area contributed by atoms with Gasteiger partial charge in [0.1, 0.15) is 0 Å². The second-order valence-electron chi connectivity index (χ2n) is 4.62. The fourth-order valence-corrected chi connectivity index (χ4v) is 4.23. The number of sulfonamides is 1. The van der Waals surface area contributed by atoms with Gasteiger partial charge in [-0.25, -0.2) is 22.9 Å². The minimum atomic E-state index is -3.37. The van der Waals surface area contributed by atoms with Crippen molar-refractivity contribution in [2.75, 3.05) is 12.8 Å². The number of likely N-dealkylation sites (tertiary alicyclic amines) is 1. The van der Waals surface area contributed by atoms with Gasteiger partial charge in [0.25, 0.3) is 0 Å². The lowest BCUT2D eigenvalue weighted by Crippen LogP contribution is -2.47. The molecule has 1 saturated heterocycles. The standard InChI is InChI=1S/C10H14BrN3O4S2/c1-20(17,18)13-7-2-3-14(10(15)16)8(7)4-6-5-19-9(11)12-6/h5,7-8,13H,2-4H2,1H3,(H,15,16)/t7-,8-/m0/s1. The maximum absolute atomic E-state index is 11.4. The minimum absolute atomic E-state index is 0.318. The molecule has 2 N–H and O–H groups in total. The van der Waals surface area contributed by atoms with Crippen LogP contribution in [0.2, 0.25) is 0 Å². The number of thiazole rings is 1. The Labute approximate surface area is 129 Å². The summed E-state index contributed by atoms with van der Waals surface area (Å²) in [6.45, 7) is 0.318. The molecule has 1 aromatic heterocycles. The summed E-state index contributed by atoms with van der Waals surface area (Å²) >= 11 is 4.67. The summed E-state index contributed by atoms with van der Waals surface area (Å²) in [4.78, 5) is 16.8. The van der Waals surface area contributed by atoms with Crippen LogP contribution in [0.1, 0.15) is 12.1 Å². The van der Waals surface area contributed by atoms with Crippen LogP contribution in [0.5, 0.6) is 0 Å². The molecule has 1 fully saturated rings. The summed E-state index contributed by atoms with van der Waals surface area (Å²) < 4.78 is 26.0. The van der Waals surface area contributed by atoms with Gasteiger partial charge in [-0.1, -0.05) is 0 Å². The van der Waals surface area contributed by atoms with Crippen LogP contribution in [0.3, 0.4) is 0 Å². The Morgan fingerprint density at radius 3 is 2.90 bits per heavy atom. The molecule has 0 unspecified atom stereocenters. The third-order valence-electron chi connectivity index (χ3n) is 3.10. The van der Waals surface area contributed by atoms with Crippen LogP contribution < -0.4 is 4.72 Å². The Morgan fingerprint density at radius 1 is 1.70 bits per heavy atom. The van der Waals surface area contributed by atoms with E-state index in [4.69, 9.17) is 0 Å². The van der Waals surface area contributed by atoms with Crippen molar-refractivity contribution in [3.05, 3.63) is 15.0 Å². The van der Waals surface area contributed by atoms with E-state index in [0.717, 1.165) is 15.9 Å². The molecule has 0 spiro atoms. The highest BCUT2D eigenvalue weighted by Gasteiger charge is 2.38. The maximum atomic E-state index is 11.4. The quantitative estimate of drug-likeness (QED) is 0.811. The lowest BCUT2D eigenvalue weighted by Gasteiger charge is -2.25.